The van der Waals surface area contributed by atoms with Gasteiger partial charge in [0.2, 0.25) is 0 Å². The molecule has 0 saturated carbocycles. The highest BCUT2D eigenvalue weighted by Gasteiger charge is 2.03. The van der Waals surface area contributed by atoms with Gasteiger partial charge in [-0.3, -0.25) is 0 Å². The number of nitrogens with zero attached hydrogens (tertiary/aromatic N) is 1. The smallest absolute Gasteiger partial charge is 0.106 e. The summed E-state index contributed by atoms with van der Waals surface area (Å²) in [5.41, 5.74) is 0. The van der Waals surface area contributed by atoms with Crippen LogP contribution in [0.15, 0.2) is 12.4 Å². The number of hydrogen-bond donors (Lipinski definition) is 1. The lowest BCUT2D eigenvalue weighted by atomic mass is 9.98. The van der Waals surface area contributed by atoms with Crippen LogP contribution in [-0.2, 0) is 6.42 Å². The fourth-order valence-corrected chi connectivity index (χ4v) is 1.88. The van der Waals surface area contributed by atoms with E-state index in [0.29, 0.717) is 0 Å². The maximum Gasteiger partial charge on any atom is 0.106 e. The summed E-state index contributed by atoms with van der Waals surface area (Å²) in [4.78, 5) is 7.40. The number of unbranched alkanes of at least 4 members (excludes halogenated alkanes) is 3. The maximum atomic E-state index is 4.24. The number of hydrogen-bond acceptors (Lipinski definition) is 1. The Labute approximate surface area is 93.5 Å². The second-order valence-corrected chi connectivity index (χ2v) is 4.53. The fourth-order valence-electron chi connectivity index (χ4n) is 1.88. The van der Waals surface area contributed by atoms with Crippen LogP contribution in [-0.4, -0.2) is 9.97 Å². The zero-order chi connectivity index (χ0) is 10.9. The quantitative estimate of drug-likeness (QED) is 0.644. The second-order valence-electron chi connectivity index (χ2n) is 4.53. The predicted octanol–water partition coefficient (Wildman–Crippen LogP) is 3.95. The van der Waals surface area contributed by atoms with Gasteiger partial charge in [-0.1, -0.05) is 46.0 Å². The molecular formula is C13H24N2. The molecule has 0 fully saturated rings. The third-order valence-electron chi connectivity index (χ3n) is 2.98. The minimum absolute atomic E-state index is 0.840. The van der Waals surface area contributed by atoms with Crippen LogP contribution in [0.3, 0.4) is 0 Å². The van der Waals surface area contributed by atoms with E-state index in [9.17, 15) is 0 Å². The summed E-state index contributed by atoms with van der Waals surface area (Å²) < 4.78 is 0. The molecule has 0 aliphatic rings. The molecule has 0 spiro atoms. The summed E-state index contributed by atoms with van der Waals surface area (Å²) >= 11 is 0. The van der Waals surface area contributed by atoms with Crippen molar-refractivity contribution in [3.8, 4) is 0 Å². The molecule has 2 nitrogen and oxygen atoms in total. The van der Waals surface area contributed by atoms with Gasteiger partial charge in [0.15, 0.2) is 0 Å². The minimum Gasteiger partial charge on any atom is -0.349 e. The van der Waals surface area contributed by atoms with Crippen LogP contribution in [0, 0.1) is 5.92 Å². The number of aromatic amines is 1. The van der Waals surface area contributed by atoms with E-state index in [2.05, 4.69) is 23.8 Å². The number of aryl methyl sites for hydroxylation is 1. The van der Waals surface area contributed by atoms with Crippen molar-refractivity contribution in [3.63, 3.8) is 0 Å². The predicted molar refractivity (Wildman–Crippen MR) is 64.8 cm³/mol. The third-order valence-corrected chi connectivity index (χ3v) is 2.98. The molecule has 86 valence electrons. The van der Waals surface area contributed by atoms with Crippen LogP contribution in [0.5, 0.6) is 0 Å². The highest BCUT2D eigenvalue weighted by atomic mass is 14.9. The van der Waals surface area contributed by atoms with E-state index in [1.165, 1.54) is 38.5 Å². The molecule has 0 aliphatic heterocycles. The summed E-state index contributed by atoms with van der Waals surface area (Å²) in [6, 6.07) is 0. The first-order valence-corrected chi connectivity index (χ1v) is 6.31. The number of H-pyrrole nitrogens is 1. The van der Waals surface area contributed by atoms with Crippen LogP contribution >= 0.6 is 0 Å². The van der Waals surface area contributed by atoms with Gasteiger partial charge in [-0.25, -0.2) is 4.98 Å². The molecule has 0 saturated heterocycles. The van der Waals surface area contributed by atoms with Crippen LogP contribution in [0.4, 0.5) is 0 Å². The van der Waals surface area contributed by atoms with Crippen LogP contribution < -0.4 is 0 Å². The average Bonchev–Trinajstić information content (AvgIpc) is 2.74. The number of imidazole rings is 1. The van der Waals surface area contributed by atoms with E-state index in [0.717, 1.165) is 18.2 Å². The Balaban J connectivity index is 2.01. The van der Waals surface area contributed by atoms with Gasteiger partial charge in [0.1, 0.15) is 5.82 Å². The summed E-state index contributed by atoms with van der Waals surface area (Å²) in [7, 11) is 0. The van der Waals surface area contributed by atoms with Gasteiger partial charge in [-0.2, -0.15) is 0 Å². The fraction of sp³-hybridized carbons (Fsp3) is 0.769. The summed E-state index contributed by atoms with van der Waals surface area (Å²) in [5.74, 6) is 1.97. The molecule has 0 amide bonds. The Bertz CT molecular complexity index is 229. The van der Waals surface area contributed by atoms with E-state index in [1.54, 1.807) is 0 Å². The molecule has 1 aromatic rings. The van der Waals surface area contributed by atoms with E-state index in [4.69, 9.17) is 0 Å². The molecule has 1 heterocycles. The van der Waals surface area contributed by atoms with Gasteiger partial charge in [0, 0.05) is 18.8 Å². The minimum atomic E-state index is 0.840. The molecule has 15 heavy (non-hydrogen) atoms. The molecule has 0 bridgehead atoms. The SMILES string of the molecule is CCCCCCC(C)CCc1ncc[nH]1. The lowest BCUT2D eigenvalue weighted by Gasteiger charge is -2.09. The van der Waals surface area contributed by atoms with E-state index in [1.807, 2.05) is 12.4 Å². The van der Waals surface area contributed by atoms with Crippen molar-refractivity contribution in [3.05, 3.63) is 18.2 Å². The molecular weight excluding hydrogens is 184 g/mol. The van der Waals surface area contributed by atoms with Gasteiger partial charge in [0.25, 0.3) is 0 Å². The first-order chi connectivity index (χ1) is 7.33. The van der Waals surface area contributed by atoms with Crippen LogP contribution in [0.2, 0.25) is 0 Å². The molecule has 1 N–H and O–H groups in total. The standard InChI is InChI=1S/C13H24N2/c1-3-4-5-6-7-12(2)8-9-13-14-10-11-15-13/h10-12H,3-9H2,1-2H3,(H,14,15). The molecule has 1 rings (SSSR count). The zero-order valence-electron chi connectivity index (χ0n) is 10.1. The summed E-state index contributed by atoms with van der Waals surface area (Å²) in [6.45, 7) is 4.62. The lowest BCUT2D eigenvalue weighted by molar-refractivity contribution is 0.456. The van der Waals surface area contributed by atoms with Crippen molar-refractivity contribution in [1.82, 2.24) is 9.97 Å². The monoisotopic (exact) mass is 208 g/mol. The molecule has 0 aromatic carbocycles. The Kier molecular flexibility index (Phi) is 6.14. The molecule has 1 aromatic heterocycles. The van der Waals surface area contributed by atoms with E-state index in [-0.39, 0.29) is 0 Å². The highest BCUT2D eigenvalue weighted by molar-refractivity contribution is 4.86. The van der Waals surface area contributed by atoms with Gasteiger partial charge in [-0.15, -0.1) is 0 Å². The molecule has 2 heteroatoms. The van der Waals surface area contributed by atoms with Crippen molar-refractivity contribution in [1.29, 1.82) is 0 Å². The number of nitrogens with one attached hydrogen (secondary N) is 1. The van der Waals surface area contributed by atoms with Crippen molar-refractivity contribution in [2.75, 3.05) is 0 Å². The van der Waals surface area contributed by atoms with Crippen molar-refractivity contribution >= 4 is 0 Å². The van der Waals surface area contributed by atoms with Crippen molar-refractivity contribution in [2.24, 2.45) is 5.92 Å². The summed E-state index contributed by atoms with van der Waals surface area (Å²) in [6.07, 6.45) is 13.0. The topological polar surface area (TPSA) is 28.7 Å². The normalized spacial score (nSPS) is 12.9. The zero-order valence-corrected chi connectivity index (χ0v) is 10.1. The van der Waals surface area contributed by atoms with Gasteiger partial charge >= 0.3 is 0 Å². The lowest BCUT2D eigenvalue weighted by Crippen LogP contribution is -1.98. The van der Waals surface area contributed by atoms with Crippen molar-refractivity contribution in [2.45, 2.75) is 58.8 Å². The number of aromatic nitrogens is 2. The molecule has 1 unspecified atom stereocenters. The van der Waals surface area contributed by atoms with Crippen LogP contribution in [0.25, 0.3) is 0 Å². The molecule has 0 radical (unpaired) electrons. The highest BCUT2D eigenvalue weighted by Crippen LogP contribution is 2.15. The van der Waals surface area contributed by atoms with Crippen molar-refractivity contribution < 1.29 is 0 Å². The Morgan fingerprint density at radius 1 is 1.27 bits per heavy atom. The van der Waals surface area contributed by atoms with Crippen LogP contribution in [0.1, 0.15) is 58.2 Å². The van der Waals surface area contributed by atoms with E-state index >= 15 is 0 Å². The average molecular weight is 208 g/mol. The Hall–Kier alpha value is -0.790. The first-order valence-electron chi connectivity index (χ1n) is 6.31. The largest absolute Gasteiger partial charge is 0.349 e. The molecule has 0 aliphatic carbocycles. The van der Waals surface area contributed by atoms with Gasteiger partial charge in [-0.05, 0) is 12.3 Å². The van der Waals surface area contributed by atoms with Gasteiger partial charge in [0.05, 0.1) is 0 Å². The maximum absolute atomic E-state index is 4.24. The molecule has 1 atom stereocenters. The van der Waals surface area contributed by atoms with E-state index < -0.39 is 0 Å². The number of rotatable bonds is 8. The van der Waals surface area contributed by atoms with Gasteiger partial charge < -0.3 is 4.98 Å². The Morgan fingerprint density at radius 2 is 2.13 bits per heavy atom. The first kappa shape index (κ1) is 12.3. The summed E-state index contributed by atoms with van der Waals surface area (Å²) in [5, 5.41) is 0. The Morgan fingerprint density at radius 3 is 2.80 bits per heavy atom. The third kappa shape index (κ3) is 5.60. The second kappa shape index (κ2) is 7.49.